The molecule has 1 spiro atoms. The number of para-hydroxylation sites is 1. The fourth-order valence-electron chi connectivity index (χ4n) is 5.30. The van der Waals surface area contributed by atoms with Crippen molar-refractivity contribution in [1.82, 2.24) is 9.97 Å². The van der Waals surface area contributed by atoms with Crippen LogP contribution in [0.2, 0.25) is 0 Å². The van der Waals surface area contributed by atoms with Crippen LogP contribution in [0.4, 0.5) is 5.69 Å². The van der Waals surface area contributed by atoms with Crippen LogP contribution in [0.3, 0.4) is 0 Å². The minimum atomic E-state index is -0.636. The normalized spacial score (nSPS) is 21.2. The van der Waals surface area contributed by atoms with E-state index in [1.807, 2.05) is 60.8 Å². The molecule has 33 heavy (non-hydrogen) atoms. The van der Waals surface area contributed by atoms with Crippen LogP contribution >= 0.6 is 0 Å². The minimum absolute atomic E-state index is 0.0212. The van der Waals surface area contributed by atoms with Crippen molar-refractivity contribution in [2.24, 2.45) is 0 Å². The number of aliphatic hydroxyl groups excluding tert-OH is 1. The van der Waals surface area contributed by atoms with Gasteiger partial charge in [0.1, 0.15) is 11.8 Å². The van der Waals surface area contributed by atoms with Gasteiger partial charge in [0.15, 0.2) is 0 Å². The zero-order chi connectivity index (χ0) is 22.6. The van der Waals surface area contributed by atoms with Crippen LogP contribution in [-0.2, 0) is 16.8 Å². The first kappa shape index (κ1) is 19.6. The van der Waals surface area contributed by atoms with Gasteiger partial charge in [-0.3, -0.25) is 9.78 Å². The number of anilines is 1. The average molecular weight is 432 g/mol. The molecule has 3 heterocycles. The number of amides is 1. The average Bonchev–Trinajstić information content (AvgIpc) is 3.07. The first-order valence-corrected chi connectivity index (χ1v) is 10.9. The van der Waals surface area contributed by atoms with Crippen LogP contribution in [0.25, 0.3) is 21.9 Å². The highest BCUT2D eigenvalue weighted by atomic mass is 16.3. The van der Waals surface area contributed by atoms with Gasteiger partial charge in [-0.05, 0) is 42.0 Å². The largest absolute Gasteiger partial charge is 0.393 e. The van der Waals surface area contributed by atoms with E-state index in [2.05, 4.69) is 11.1 Å². The lowest BCUT2D eigenvalue weighted by Gasteiger charge is -2.41. The van der Waals surface area contributed by atoms with Crippen LogP contribution in [0.1, 0.15) is 29.8 Å². The second-order valence-electron chi connectivity index (χ2n) is 8.76. The van der Waals surface area contributed by atoms with E-state index in [0.29, 0.717) is 25.1 Å². The molecular weight excluding hydrogens is 412 g/mol. The molecule has 1 amide bonds. The Labute approximate surface area is 190 Å². The number of hydrogen-bond donors (Lipinski definition) is 1. The number of aliphatic hydroxyl groups is 1. The van der Waals surface area contributed by atoms with Gasteiger partial charge in [0.25, 0.3) is 0 Å². The van der Waals surface area contributed by atoms with Crippen molar-refractivity contribution in [3.05, 3.63) is 90.0 Å². The van der Waals surface area contributed by atoms with Gasteiger partial charge in [-0.2, -0.15) is 5.26 Å². The molecule has 1 N–H and O–H groups in total. The van der Waals surface area contributed by atoms with Gasteiger partial charge in [-0.25, -0.2) is 4.98 Å². The van der Waals surface area contributed by atoms with Gasteiger partial charge in [0, 0.05) is 34.6 Å². The van der Waals surface area contributed by atoms with E-state index in [9.17, 15) is 9.90 Å². The van der Waals surface area contributed by atoms with Crippen molar-refractivity contribution in [3.8, 4) is 17.2 Å². The number of fused-ring (bicyclic) bond motifs is 3. The maximum atomic E-state index is 13.6. The monoisotopic (exact) mass is 432 g/mol. The van der Waals surface area contributed by atoms with E-state index in [4.69, 9.17) is 10.2 Å². The number of carbonyl (C=O) groups is 1. The predicted molar refractivity (Wildman–Crippen MR) is 124 cm³/mol. The number of carbonyl (C=O) groups excluding carboxylic acids is 1. The van der Waals surface area contributed by atoms with Crippen molar-refractivity contribution in [2.45, 2.75) is 30.9 Å². The SMILES string of the molecule is N#Cc1ccc(-c2c(CN3c4ccccc4[C@]4(C[C@@H](O)C4)C3=O)ncc3ccccc23)cn1. The molecule has 4 aromatic rings. The van der Waals surface area contributed by atoms with Gasteiger partial charge >= 0.3 is 0 Å². The Balaban J connectivity index is 1.49. The molecule has 0 saturated heterocycles. The van der Waals surface area contributed by atoms with Gasteiger partial charge in [0.05, 0.1) is 23.8 Å². The molecule has 0 unspecified atom stereocenters. The van der Waals surface area contributed by atoms with Gasteiger partial charge in [-0.1, -0.05) is 42.5 Å². The lowest BCUT2D eigenvalue weighted by atomic mass is 9.63. The number of hydrogen-bond acceptors (Lipinski definition) is 5. The highest BCUT2D eigenvalue weighted by molar-refractivity contribution is 6.09. The molecule has 0 bridgehead atoms. The number of benzene rings is 2. The van der Waals surface area contributed by atoms with Crippen molar-refractivity contribution in [2.75, 3.05) is 4.90 Å². The van der Waals surface area contributed by atoms with Crippen LogP contribution in [-0.4, -0.2) is 27.1 Å². The summed E-state index contributed by atoms with van der Waals surface area (Å²) in [6.07, 6.45) is 3.99. The number of aromatic nitrogens is 2. The lowest BCUT2D eigenvalue weighted by Crippen LogP contribution is -2.51. The quantitative estimate of drug-likeness (QED) is 0.526. The van der Waals surface area contributed by atoms with E-state index in [1.165, 1.54) is 0 Å². The summed E-state index contributed by atoms with van der Waals surface area (Å²) in [6, 6.07) is 21.5. The van der Waals surface area contributed by atoms with E-state index in [-0.39, 0.29) is 5.91 Å². The maximum absolute atomic E-state index is 13.6. The van der Waals surface area contributed by atoms with E-state index in [1.54, 1.807) is 17.2 Å². The molecule has 6 heteroatoms. The summed E-state index contributed by atoms with van der Waals surface area (Å²) in [5.74, 6) is 0.0212. The molecule has 2 aromatic heterocycles. The first-order valence-electron chi connectivity index (χ1n) is 10.9. The Morgan fingerprint density at radius 3 is 2.58 bits per heavy atom. The summed E-state index contributed by atoms with van der Waals surface area (Å²) in [5.41, 5.74) is 4.11. The molecule has 2 aromatic carbocycles. The third-order valence-corrected chi connectivity index (χ3v) is 6.89. The molecule has 6 nitrogen and oxygen atoms in total. The minimum Gasteiger partial charge on any atom is -0.393 e. The van der Waals surface area contributed by atoms with Gasteiger partial charge in [-0.15, -0.1) is 0 Å². The number of nitriles is 1. The van der Waals surface area contributed by atoms with E-state index in [0.717, 1.165) is 38.8 Å². The first-order chi connectivity index (χ1) is 16.1. The highest BCUT2D eigenvalue weighted by Gasteiger charge is 2.58. The van der Waals surface area contributed by atoms with E-state index < -0.39 is 11.5 Å². The molecule has 160 valence electrons. The van der Waals surface area contributed by atoms with Gasteiger partial charge < -0.3 is 10.0 Å². The lowest BCUT2D eigenvalue weighted by molar-refractivity contribution is -0.131. The zero-order valence-electron chi connectivity index (χ0n) is 17.8. The standard InChI is InChI=1S/C27H20N4O2/c28-13-19-10-9-18(15-29-19)25-21-6-2-1-5-17(21)14-30-23(25)16-31-24-8-4-3-7-22(24)27(26(31)33)11-20(32)12-27/h1-10,14-15,20,32H,11-12,16H2/t20-,27-. The van der Waals surface area contributed by atoms with E-state index >= 15 is 0 Å². The third kappa shape index (κ3) is 2.86. The number of pyridine rings is 2. The summed E-state index contributed by atoms with van der Waals surface area (Å²) in [5, 5.41) is 21.2. The fourth-order valence-corrected chi connectivity index (χ4v) is 5.30. The summed E-state index contributed by atoms with van der Waals surface area (Å²) in [7, 11) is 0. The molecular formula is C27H20N4O2. The van der Waals surface area contributed by atoms with Crippen LogP contribution in [0.5, 0.6) is 0 Å². The molecule has 1 aliphatic heterocycles. The fraction of sp³-hybridized carbons (Fsp3) is 0.185. The molecule has 0 atom stereocenters. The Morgan fingerprint density at radius 2 is 1.82 bits per heavy atom. The Morgan fingerprint density at radius 1 is 1.03 bits per heavy atom. The molecule has 6 rings (SSSR count). The maximum Gasteiger partial charge on any atom is 0.238 e. The van der Waals surface area contributed by atoms with Crippen molar-refractivity contribution >= 4 is 22.4 Å². The Bertz CT molecular complexity index is 1450. The molecule has 2 aliphatic rings. The summed E-state index contributed by atoms with van der Waals surface area (Å²) in [4.78, 5) is 24.5. The zero-order valence-corrected chi connectivity index (χ0v) is 17.8. The number of rotatable bonds is 3. The van der Waals surface area contributed by atoms with Crippen molar-refractivity contribution in [3.63, 3.8) is 0 Å². The van der Waals surface area contributed by atoms with Crippen molar-refractivity contribution < 1.29 is 9.90 Å². The molecule has 1 fully saturated rings. The van der Waals surface area contributed by atoms with Crippen LogP contribution < -0.4 is 4.90 Å². The predicted octanol–water partition coefficient (Wildman–Crippen LogP) is 4.11. The summed E-state index contributed by atoms with van der Waals surface area (Å²) < 4.78 is 0. The van der Waals surface area contributed by atoms with Crippen LogP contribution in [0, 0.1) is 11.3 Å². The molecule has 0 radical (unpaired) electrons. The Hall–Kier alpha value is -4.08. The second-order valence-corrected chi connectivity index (χ2v) is 8.76. The highest BCUT2D eigenvalue weighted by Crippen LogP contribution is 2.53. The molecule has 1 saturated carbocycles. The Kier molecular flexibility index (Phi) is 4.29. The smallest absolute Gasteiger partial charge is 0.238 e. The van der Waals surface area contributed by atoms with Crippen LogP contribution in [0.15, 0.2) is 73.1 Å². The topological polar surface area (TPSA) is 90.1 Å². The summed E-state index contributed by atoms with van der Waals surface area (Å²) >= 11 is 0. The second kappa shape index (κ2) is 7.22. The van der Waals surface area contributed by atoms with Crippen molar-refractivity contribution in [1.29, 1.82) is 5.26 Å². The van der Waals surface area contributed by atoms with Gasteiger partial charge in [0.2, 0.25) is 5.91 Å². The molecule has 1 aliphatic carbocycles. The summed E-state index contributed by atoms with van der Waals surface area (Å²) in [6.45, 7) is 0.313. The third-order valence-electron chi connectivity index (χ3n) is 6.89. The number of nitrogens with zero attached hydrogens (tertiary/aromatic N) is 4.